The van der Waals surface area contributed by atoms with Gasteiger partial charge in [0, 0.05) is 9.13 Å². The fraction of sp³-hybridized carbons (Fsp3) is 0.0769. The standard InChI is InChI=1S/C13H10BrFINO2S/c1-7-2-3-8(13(4-7)20(17,18)19)9-5-10(14)11(15)6-12(9)16/h2-6H,1H3,(H2,17,18,19). The molecular formula is C13H10BrFINO2S. The maximum absolute atomic E-state index is 13.5. The van der Waals surface area contributed by atoms with E-state index in [1.165, 1.54) is 12.1 Å². The molecule has 0 bridgehead atoms. The summed E-state index contributed by atoms with van der Waals surface area (Å²) in [5.74, 6) is -0.401. The molecule has 7 heteroatoms. The molecule has 20 heavy (non-hydrogen) atoms. The summed E-state index contributed by atoms with van der Waals surface area (Å²) in [6, 6.07) is 7.87. The Morgan fingerprint density at radius 2 is 1.85 bits per heavy atom. The van der Waals surface area contributed by atoms with Gasteiger partial charge in [0.1, 0.15) is 5.82 Å². The van der Waals surface area contributed by atoms with Gasteiger partial charge in [-0.2, -0.15) is 0 Å². The number of rotatable bonds is 2. The highest BCUT2D eigenvalue weighted by atomic mass is 127. The summed E-state index contributed by atoms with van der Waals surface area (Å²) in [5, 5.41) is 5.27. The number of nitrogens with two attached hydrogens (primary N) is 1. The Morgan fingerprint density at radius 3 is 2.45 bits per heavy atom. The Balaban J connectivity index is 2.80. The van der Waals surface area contributed by atoms with Crippen molar-refractivity contribution in [2.75, 3.05) is 0 Å². The summed E-state index contributed by atoms with van der Waals surface area (Å²) in [4.78, 5) is 0.0360. The molecule has 106 valence electrons. The fourth-order valence-corrected chi connectivity index (χ4v) is 3.71. The number of hydrogen-bond donors (Lipinski definition) is 1. The smallest absolute Gasteiger partial charge is 0.225 e. The van der Waals surface area contributed by atoms with Crippen LogP contribution in [-0.2, 0) is 10.0 Å². The molecule has 0 aliphatic carbocycles. The molecule has 0 saturated carbocycles. The second kappa shape index (κ2) is 5.70. The number of halogens is 3. The van der Waals surface area contributed by atoms with Gasteiger partial charge in [0.2, 0.25) is 10.0 Å². The van der Waals surface area contributed by atoms with Crippen LogP contribution in [0.25, 0.3) is 11.1 Å². The van der Waals surface area contributed by atoms with Crippen molar-refractivity contribution >= 4 is 48.5 Å². The molecule has 0 unspecified atom stereocenters. The first-order chi connectivity index (χ1) is 9.20. The van der Waals surface area contributed by atoms with Crippen LogP contribution >= 0.6 is 38.5 Å². The van der Waals surface area contributed by atoms with E-state index in [1.807, 2.05) is 22.6 Å². The number of benzene rings is 2. The number of hydrogen-bond acceptors (Lipinski definition) is 2. The van der Waals surface area contributed by atoms with Gasteiger partial charge in [-0.05, 0) is 74.8 Å². The Kier molecular flexibility index (Phi) is 4.53. The Hall–Kier alpha value is -0.510. The zero-order valence-electron chi connectivity index (χ0n) is 10.3. The molecular weight excluding hydrogens is 460 g/mol. The van der Waals surface area contributed by atoms with Crippen LogP contribution in [-0.4, -0.2) is 8.42 Å². The SMILES string of the molecule is Cc1ccc(-c2cc(Br)c(F)cc2I)c(S(N)(=O)=O)c1. The van der Waals surface area contributed by atoms with Crippen LogP contribution in [0.2, 0.25) is 0 Å². The third-order valence-electron chi connectivity index (χ3n) is 2.74. The molecule has 2 rings (SSSR count). The van der Waals surface area contributed by atoms with Crippen LogP contribution in [0.4, 0.5) is 4.39 Å². The summed E-state index contributed by atoms with van der Waals surface area (Å²) in [5.41, 5.74) is 1.86. The van der Waals surface area contributed by atoms with E-state index in [0.29, 0.717) is 14.7 Å². The van der Waals surface area contributed by atoms with E-state index in [-0.39, 0.29) is 9.37 Å². The Morgan fingerprint density at radius 1 is 1.20 bits per heavy atom. The normalized spacial score (nSPS) is 11.7. The summed E-state index contributed by atoms with van der Waals surface area (Å²) in [6.45, 7) is 1.78. The minimum absolute atomic E-state index is 0.0360. The van der Waals surface area contributed by atoms with Crippen LogP contribution in [0, 0.1) is 16.3 Å². The third kappa shape index (κ3) is 3.21. The number of aryl methyl sites for hydroxylation is 1. The van der Waals surface area contributed by atoms with Crippen molar-refractivity contribution < 1.29 is 12.8 Å². The lowest BCUT2D eigenvalue weighted by Crippen LogP contribution is -2.14. The zero-order chi connectivity index (χ0) is 15.1. The van der Waals surface area contributed by atoms with Crippen molar-refractivity contribution in [2.45, 2.75) is 11.8 Å². The molecule has 0 heterocycles. The lowest BCUT2D eigenvalue weighted by Gasteiger charge is -2.12. The lowest BCUT2D eigenvalue weighted by molar-refractivity contribution is 0.598. The summed E-state index contributed by atoms with van der Waals surface area (Å²) >= 11 is 5.07. The highest BCUT2D eigenvalue weighted by Crippen LogP contribution is 2.34. The molecule has 0 aliphatic rings. The monoisotopic (exact) mass is 469 g/mol. The fourth-order valence-electron chi connectivity index (χ4n) is 1.82. The van der Waals surface area contributed by atoms with Gasteiger partial charge in [-0.1, -0.05) is 12.1 Å². The summed E-state index contributed by atoms with van der Waals surface area (Å²) in [6.07, 6.45) is 0. The lowest BCUT2D eigenvalue weighted by atomic mass is 10.0. The molecule has 0 aliphatic heterocycles. The highest BCUT2D eigenvalue weighted by molar-refractivity contribution is 14.1. The quantitative estimate of drug-likeness (QED) is 0.537. The third-order valence-corrected chi connectivity index (χ3v) is 5.19. The predicted molar refractivity (Wildman–Crippen MR) is 88.4 cm³/mol. The molecule has 0 fully saturated rings. The van der Waals surface area contributed by atoms with Crippen molar-refractivity contribution in [1.29, 1.82) is 0 Å². The highest BCUT2D eigenvalue weighted by Gasteiger charge is 2.18. The second-order valence-corrected chi connectivity index (χ2v) is 7.84. The van der Waals surface area contributed by atoms with Crippen molar-refractivity contribution in [3.63, 3.8) is 0 Å². The second-order valence-electron chi connectivity index (χ2n) is 4.29. The molecule has 3 nitrogen and oxygen atoms in total. The zero-order valence-corrected chi connectivity index (χ0v) is 14.9. The average molecular weight is 470 g/mol. The Bertz CT molecular complexity index is 793. The number of sulfonamides is 1. The van der Waals surface area contributed by atoms with Crippen molar-refractivity contribution in [3.8, 4) is 11.1 Å². The molecule has 0 amide bonds. The van der Waals surface area contributed by atoms with Crippen LogP contribution < -0.4 is 5.14 Å². The van der Waals surface area contributed by atoms with Crippen LogP contribution in [0.15, 0.2) is 39.7 Å². The van der Waals surface area contributed by atoms with Crippen molar-refractivity contribution in [3.05, 3.63) is 49.8 Å². The summed E-state index contributed by atoms with van der Waals surface area (Å²) < 4.78 is 37.8. The first-order valence-corrected chi connectivity index (χ1v) is 8.90. The molecule has 0 saturated heterocycles. The minimum atomic E-state index is -3.86. The summed E-state index contributed by atoms with van der Waals surface area (Å²) in [7, 11) is -3.86. The van der Waals surface area contributed by atoms with Gasteiger partial charge in [0.15, 0.2) is 0 Å². The van der Waals surface area contributed by atoms with Gasteiger partial charge in [-0.3, -0.25) is 0 Å². The van der Waals surface area contributed by atoms with E-state index in [4.69, 9.17) is 5.14 Å². The van der Waals surface area contributed by atoms with Crippen molar-refractivity contribution in [1.82, 2.24) is 0 Å². The molecule has 0 spiro atoms. The van der Waals surface area contributed by atoms with E-state index < -0.39 is 15.8 Å². The van der Waals surface area contributed by atoms with E-state index in [2.05, 4.69) is 15.9 Å². The van der Waals surface area contributed by atoms with Crippen LogP contribution in [0.3, 0.4) is 0 Å². The van der Waals surface area contributed by atoms with Gasteiger partial charge in [-0.15, -0.1) is 0 Å². The molecule has 0 aromatic heterocycles. The maximum atomic E-state index is 13.5. The minimum Gasteiger partial charge on any atom is -0.225 e. The van der Waals surface area contributed by atoms with Crippen molar-refractivity contribution in [2.24, 2.45) is 5.14 Å². The predicted octanol–water partition coefficient (Wildman–Crippen LogP) is 3.82. The average Bonchev–Trinajstić information content (AvgIpc) is 2.33. The first-order valence-electron chi connectivity index (χ1n) is 5.48. The van der Waals surface area contributed by atoms with Gasteiger partial charge < -0.3 is 0 Å². The van der Waals surface area contributed by atoms with Gasteiger partial charge in [-0.25, -0.2) is 17.9 Å². The first kappa shape index (κ1) is 15.9. The van der Waals surface area contributed by atoms with Crippen LogP contribution in [0.5, 0.6) is 0 Å². The largest absolute Gasteiger partial charge is 0.238 e. The molecule has 0 radical (unpaired) electrons. The molecule has 2 aromatic rings. The van der Waals surface area contributed by atoms with Gasteiger partial charge >= 0.3 is 0 Å². The van der Waals surface area contributed by atoms with E-state index in [9.17, 15) is 12.8 Å². The molecule has 0 atom stereocenters. The Labute approximate surface area is 138 Å². The van der Waals surface area contributed by atoms with E-state index in [0.717, 1.165) is 5.56 Å². The van der Waals surface area contributed by atoms with Gasteiger partial charge in [0.25, 0.3) is 0 Å². The van der Waals surface area contributed by atoms with E-state index in [1.54, 1.807) is 25.1 Å². The van der Waals surface area contributed by atoms with Crippen LogP contribution in [0.1, 0.15) is 5.56 Å². The maximum Gasteiger partial charge on any atom is 0.238 e. The molecule has 2 N–H and O–H groups in total. The topological polar surface area (TPSA) is 60.2 Å². The van der Waals surface area contributed by atoms with Gasteiger partial charge in [0.05, 0.1) is 9.37 Å². The molecule has 2 aromatic carbocycles. The number of primary sulfonamides is 1. The van der Waals surface area contributed by atoms with E-state index >= 15 is 0 Å².